The third-order valence-electron chi connectivity index (χ3n) is 5.20. The summed E-state index contributed by atoms with van der Waals surface area (Å²) in [7, 11) is 0. The van der Waals surface area contributed by atoms with Gasteiger partial charge in [-0.05, 0) is 50.1 Å². The molecule has 0 spiro atoms. The molecule has 1 aliphatic heterocycles. The lowest BCUT2D eigenvalue weighted by Gasteiger charge is -2.25. The second kappa shape index (κ2) is 7.43. The molecule has 3 aromatic rings. The Morgan fingerprint density at radius 3 is 2.59 bits per heavy atom. The Kier molecular flexibility index (Phi) is 4.84. The number of para-hydroxylation sites is 2. The number of hydrogen-bond donors (Lipinski definition) is 1. The Labute approximate surface area is 158 Å². The van der Waals surface area contributed by atoms with E-state index >= 15 is 0 Å². The van der Waals surface area contributed by atoms with E-state index in [2.05, 4.69) is 10.2 Å². The summed E-state index contributed by atoms with van der Waals surface area (Å²) in [5.41, 5.74) is 2.97. The number of anilines is 2. The number of hydrogen-bond acceptors (Lipinski definition) is 3. The molecule has 0 bridgehead atoms. The van der Waals surface area contributed by atoms with E-state index < -0.39 is 0 Å². The van der Waals surface area contributed by atoms with Crippen molar-refractivity contribution >= 4 is 28.3 Å². The van der Waals surface area contributed by atoms with Crippen molar-refractivity contribution in [2.75, 3.05) is 23.3 Å². The van der Waals surface area contributed by atoms with Crippen LogP contribution in [0.3, 0.4) is 0 Å². The molecule has 5 heteroatoms. The molecule has 0 aliphatic carbocycles. The van der Waals surface area contributed by atoms with Gasteiger partial charge in [-0.15, -0.1) is 0 Å². The summed E-state index contributed by atoms with van der Waals surface area (Å²) in [6.45, 7) is 3.77. The fraction of sp³-hybridized carbons (Fsp3) is 0.318. The summed E-state index contributed by atoms with van der Waals surface area (Å²) >= 11 is 0. The third kappa shape index (κ3) is 3.54. The third-order valence-corrected chi connectivity index (χ3v) is 5.20. The van der Waals surface area contributed by atoms with Crippen LogP contribution in [0.1, 0.15) is 41.8 Å². The minimum atomic E-state index is -0.343. The maximum atomic E-state index is 13.5. The van der Waals surface area contributed by atoms with Crippen LogP contribution >= 0.6 is 0 Å². The molecule has 4 rings (SSSR count). The standard InChI is InChI=1S/C22H23FN2O2/c1-15-17-14-16(23)10-11-20(17)27-21(15)22(26)24-18-8-4-5-9-19(18)25-12-6-2-3-7-13-25/h4-5,8-11,14H,2-3,6-7,12-13H2,1H3,(H,24,26). The number of nitrogens with one attached hydrogen (secondary N) is 1. The molecule has 1 aliphatic rings. The predicted octanol–water partition coefficient (Wildman–Crippen LogP) is 5.51. The van der Waals surface area contributed by atoms with Crippen molar-refractivity contribution < 1.29 is 13.6 Å². The van der Waals surface area contributed by atoms with Gasteiger partial charge in [-0.3, -0.25) is 4.79 Å². The predicted molar refractivity (Wildman–Crippen MR) is 106 cm³/mol. The van der Waals surface area contributed by atoms with Gasteiger partial charge >= 0.3 is 0 Å². The summed E-state index contributed by atoms with van der Waals surface area (Å²) in [4.78, 5) is 15.2. The highest BCUT2D eigenvalue weighted by atomic mass is 19.1. The molecular formula is C22H23FN2O2. The van der Waals surface area contributed by atoms with Crippen molar-refractivity contribution in [3.63, 3.8) is 0 Å². The van der Waals surface area contributed by atoms with Crippen molar-refractivity contribution in [3.8, 4) is 0 Å². The molecule has 0 radical (unpaired) electrons. The minimum Gasteiger partial charge on any atom is -0.451 e. The molecule has 27 heavy (non-hydrogen) atoms. The number of aryl methyl sites for hydroxylation is 1. The van der Waals surface area contributed by atoms with Crippen LogP contribution in [0.25, 0.3) is 11.0 Å². The summed E-state index contributed by atoms with van der Waals surface area (Å²) in [5, 5.41) is 3.62. The first-order valence-corrected chi connectivity index (χ1v) is 9.47. The maximum absolute atomic E-state index is 13.5. The van der Waals surface area contributed by atoms with Gasteiger partial charge in [0.2, 0.25) is 0 Å². The molecule has 1 amide bonds. The van der Waals surface area contributed by atoms with Gasteiger partial charge in [-0.25, -0.2) is 4.39 Å². The van der Waals surface area contributed by atoms with Crippen LogP contribution in [0.4, 0.5) is 15.8 Å². The molecule has 140 valence electrons. The quantitative estimate of drug-likeness (QED) is 0.664. The molecule has 0 unspecified atom stereocenters. The number of nitrogens with zero attached hydrogens (tertiary/aromatic N) is 1. The topological polar surface area (TPSA) is 45.5 Å². The van der Waals surface area contributed by atoms with Gasteiger partial charge in [0.15, 0.2) is 5.76 Å². The molecule has 2 heterocycles. The summed E-state index contributed by atoms with van der Waals surface area (Å²) in [6.07, 6.45) is 4.83. The molecule has 1 fully saturated rings. The highest BCUT2D eigenvalue weighted by Crippen LogP contribution is 2.30. The average molecular weight is 366 g/mol. The highest BCUT2D eigenvalue weighted by molar-refractivity contribution is 6.07. The monoisotopic (exact) mass is 366 g/mol. The van der Waals surface area contributed by atoms with Crippen LogP contribution in [0.5, 0.6) is 0 Å². The van der Waals surface area contributed by atoms with E-state index in [0.717, 1.165) is 37.3 Å². The fourth-order valence-corrected chi connectivity index (χ4v) is 3.76. The Morgan fingerprint density at radius 2 is 1.81 bits per heavy atom. The number of fused-ring (bicyclic) bond motifs is 1. The Morgan fingerprint density at radius 1 is 1.07 bits per heavy atom. The van der Waals surface area contributed by atoms with Crippen molar-refractivity contribution in [1.82, 2.24) is 0 Å². The zero-order valence-corrected chi connectivity index (χ0v) is 15.4. The van der Waals surface area contributed by atoms with E-state index in [1.54, 1.807) is 13.0 Å². The van der Waals surface area contributed by atoms with E-state index in [9.17, 15) is 9.18 Å². The second-order valence-electron chi connectivity index (χ2n) is 7.07. The number of rotatable bonds is 3. The van der Waals surface area contributed by atoms with Crippen LogP contribution in [-0.2, 0) is 0 Å². The first kappa shape index (κ1) is 17.6. The number of carbonyl (C=O) groups is 1. The summed E-state index contributed by atoms with van der Waals surface area (Å²) in [5.74, 6) is -0.433. The van der Waals surface area contributed by atoms with Crippen LogP contribution in [0, 0.1) is 12.7 Å². The Hall–Kier alpha value is -2.82. The first-order chi connectivity index (χ1) is 13.1. The molecule has 1 saturated heterocycles. The normalized spacial score (nSPS) is 15.0. The fourth-order valence-electron chi connectivity index (χ4n) is 3.76. The van der Waals surface area contributed by atoms with Gasteiger partial charge in [0.1, 0.15) is 11.4 Å². The lowest BCUT2D eigenvalue weighted by Crippen LogP contribution is -2.25. The lowest BCUT2D eigenvalue weighted by molar-refractivity contribution is 0.0998. The van der Waals surface area contributed by atoms with Crippen molar-refractivity contribution in [1.29, 1.82) is 0 Å². The number of amides is 1. The molecule has 1 aromatic heterocycles. The average Bonchev–Trinajstić information content (AvgIpc) is 2.85. The van der Waals surface area contributed by atoms with E-state index in [1.807, 2.05) is 24.3 Å². The van der Waals surface area contributed by atoms with Crippen LogP contribution in [0.15, 0.2) is 46.9 Å². The van der Waals surface area contributed by atoms with Crippen molar-refractivity contribution in [2.24, 2.45) is 0 Å². The van der Waals surface area contributed by atoms with Gasteiger partial charge in [0, 0.05) is 24.0 Å². The van der Waals surface area contributed by atoms with E-state index in [0.29, 0.717) is 16.5 Å². The summed E-state index contributed by atoms with van der Waals surface area (Å²) < 4.78 is 19.2. The second-order valence-corrected chi connectivity index (χ2v) is 7.07. The van der Waals surface area contributed by atoms with Gasteiger partial charge < -0.3 is 14.6 Å². The molecule has 4 nitrogen and oxygen atoms in total. The molecule has 1 N–H and O–H groups in total. The number of benzene rings is 2. The first-order valence-electron chi connectivity index (χ1n) is 9.47. The largest absolute Gasteiger partial charge is 0.451 e. The van der Waals surface area contributed by atoms with Crippen LogP contribution in [0.2, 0.25) is 0 Å². The van der Waals surface area contributed by atoms with E-state index in [-0.39, 0.29) is 17.5 Å². The maximum Gasteiger partial charge on any atom is 0.291 e. The number of halogens is 1. The van der Waals surface area contributed by atoms with Gasteiger partial charge in [-0.2, -0.15) is 0 Å². The SMILES string of the molecule is Cc1c(C(=O)Nc2ccccc2N2CCCCCC2)oc2ccc(F)cc12. The van der Waals surface area contributed by atoms with Crippen LogP contribution < -0.4 is 10.2 Å². The lowest BCUT2D eigenvalue weighted by atomic mass is 10.1. The molecular weight excluding hydrogens is 343 g/mol. The van der Waals surface area contributed by atoms with E-state index in [1.165, 1.54) is 25.0 Å². The Bertz CT molecular complexity index is 972. The zero-order valence-electron chi connectivity index (χ0n) is 15.4. The number of furan rings is 1. The van der Waals surface area contributed by atoms with Gasteiger partial charge in [0.25, 0.3) is 5.91 Å². The van der Waals surface area contributed by atoms with Crippen molar-refractivity contribution in [2.45, 2.75) is 32.6 Å². The number of carbonyl (C=O) groups excluding carboxylic acids is 1. The Balaban J connectivity index is 1.63. The minimum absolute atomic E-state index is 0.223. The smallest absolute Gasteiger partial charge is 0.291 e. The van der Waals surface area contributed by atoms with Gasteiger partial charge in [-0.1, -0.05) is 25.0 Å². The summed E-state index contributed by atoms with van der Waals surface area (Å²) in [6, 6.07) is 12.2. The van der Waals surface area contributed by atoms with Crippen molar-refractivity contribution in [3.05, 3.63) is 59.6 Å². The van der Waals surface area contributed by atoms with E-state index in [4.69, 9.17) is 4.42 Å². The van der Waals surface area contributed by atoms with Crippen LogP contribution in [-0.4, -0.2) is 19.0 Å². The molecule has 0 atom stereocenters. The molecule has 0 saturated carbocycles. The molecule has 2 aromatic carbocycles. The van der Waals surface area contributed by atoms with Gasteiger partial charge in [0.05, 0.1) is 11.4 Å². The zero-order chi connectivity index (χ0) is 18.8. The highest BCUT2D eigenvalue weighted by Gasteiger charge is 2.20.